The number of nitriles is 1. The number of anilines is 1. The zero-order valence-corrected chi connectivity index (χ0v) is 12.5. The molecule has 1 aliphatic carbocycles. The second kappa shape index (κ2) is 6.42. The van der Waals surface area contributed by atoms with E-state index in [9.17, 15) is 0 Å². The maximum absolute atomic E-state index is 8.88. The molecule has 1 saturated heterocycles. The molecular formula is C16H22N4O. The number of likely N-dealkylation sites (N-methyl/N-ethyl adjacent to an activating group) is 1. The van der Waals surface area contributed by atoms with Crippen molar-refractivity contribution < 1.29 is 4.74 Å². The van der Waals surface area contributed by atoms with Gasteiger partial charge in [0.15, 0.2) is 0 Å². The molecule has 1 unspecified atom stereocenters. The van der Waals surface area contributed by atoms with E-state index in [2.05, 4.69) is 27.9 Å². The highest BCUT2D eigenvalue weighted by molar-refractivity contribution is 5.42. The second-order valence-corrected chi connectivity index (χ2v) is 6.12. The minimum Gasteiger partial charge on any atom is -0.374 e. The van der Waals surface area contributed by atoms with Crippen LogP contribution in [0.3, 0.4) is 0 Å². The highest BCUT2D eigenvalue weighted by Gasteiger charge is 2.28. The third kappa shape index (κ3) is 3.93. The zero-order valence-electron chi connectivity index (χ0n) is 12.5. The Morgan fingerprint density at radius 2 is 2.29 bits per heavy atom. The van der Waals surface area contributed by atoms with E-state index in [0.29, 0.717) is 5.56 Å². The minimum absolute atomic E-state index is 0.236. The smallest absolute Gasteiger partial charge is 0.128 e. The van der Waals surface area contributed by atoms with E-state index in [4.69, 9.17) is 10.00 Å². The first kappa shape index (κ1) is 14.3. The Balaban J connectivity index is 1.68. The molecule has 5 heteroatoms. The van der Waals surface area contributed by atoms with Gasteiger partial charge in [-0.15, -0.1) is 0 Å². The molecule has 2 aliphatic rings. The molecule has 0 spiro atoms. The van der Waals surface area contributed by atoms with Gasteiger partial charge in [-0.2, -0.15) is 5.26 Å². The van der Waals surface area contributed by atoms with Crippen LogP contribution in [0.4, 0.5) is 5.82 Å². The molecule has 0 amide bonds. The topological polar surface area (TPSA) is 52.4 Å². The van der Waals surface area contributed by atoms with Gasteiger partial charge in [0.05, 0.1) is 18.3 Å². The van der Waals surface area contributed by atoms with Gasteiger partial charge in [-0.25, -0.2) is 4.98 Å². The van der Waals surface area contributed by atoms with E-state index in [1.54, 1.807) is 6.20 Å². The van der Waals surface area contributed by atoms with Gasteiger partial charge in [-0.3, -0.25) is 0 Å². The van der Waals surface area contributed by atoms with E-state index in [1.165, 1.54) is 12.8 Å². The molecule has 1 aromatic rings. The van der Waals surface area contributed by atoms with Crippen LogP contribution < -0.4 is 4.90 Å². The Morgan fingerprint density at radius 3 is 2.90 bits per heavy atom. The summed E-state index contributed by atoms with van der Waals surface area (Å²) in [5.74, 6) is 1.75. The summed E-state index contributed by atoms with van der Waals surface area (Å²) in [7, 11) is 2.14. The van der Waals surface area contributed by atoms with Crippen molar-refractivity contribution >= 4 is 5.82 Å². The van der Waals surface area contributed by atoms with Crippen LogP contribution >= 0.6 is 0 Å². The summed E-state index contributed by atoms with van der Waals surface area (Å²) in [6.07, 6.45) is 4.53. The first-order chi connectivity index (χ1) is 10.2. The van der Waals surface area contributed by atoms with Crippen molar-refractivity contribution in [1.29, 1.82) is 5.26 Å². The van der Waals surface area contributed by atoms with Gasteiger partial charge in [0.1, 0.15) is 11.9 Å². The Hall–Kier alpha value is -1.64. The van der Waals surface area contributed by atoms with Gasteiger partial charge < -0.3 is 14.5 Å². The van der Waals surface area contributed by atoms with Crippen molar-refractivity contribution in [2.45, 2.75) is 18.9 Å². The summed E-state index contributed by atoms with van der Waals surface area (Å²) in [4.78, 5) is 9.09. The van der Waals surface area contributed by atoms with E-state index >= 15 is 0 Å². The van der Waals surface area contributed by atoms with Crippen LogP contribution in [-0.4, -0.2) is 55.8 Å². The summed E-state index contributed by atoms with van der Waals surface area (Å²) >= 11 is 0. The average molecular weight is 286 g/mol. The fourth-order valence-corrected chi connectivity index (χ4v) is 2.74. The lowest BCUT2D eigenvalue weighted by molar-refractivity contribution is -0.0149. The molecule has 112 valence electrons. The quantitative estimate of drug-likeness (QED) is 0.821. The lowest BCUT2D eigenvalue weighted by atomic mass is 10.2. The average Bonchev–Trinajstić information content (AvgIpc) is 3.31. The molecule has 1 aromatic heterocycles. The summed E-state index contributed by atoms with van der Waals surface area (Å²) in [5, 5.41) is 8.88. The second-order valence-electron chi connectivity index (χ2n) is 6.12. The molecule has 5 nitrogen and oxygen atoms in total. The Bertz CT molecular complexity index is 506. The first-order valence-corrected chi connectivity index (χ1v) is 7.66. The molecular weight excluding hydrogens is 264 g/mol. The van der Waals surface area contributed by atoms with Crippen LogP contribution in [0.25, 0.3) is 0 Å². The summed E-state index contributed by atoms with van der Waals surface area (Å²) < 4.78 is 5.88. The van der Waals surface area contributed by atoms with E-state index in [0.717, 1.165) is 44.5 Å². The predicted octanol–water partition coefficient (Wildman–Crippen LogP) is 1.50. The third-order valence-electron chi connectivity index (χ3n) is 4.14. The number of hydrogen-bond acceptors (Lipinski definition) is 5. The number of nitrogens with zero attached hydrogens (tertiary/aromatic N) is 4. The zero-order chi connectivity index (χ0) is 14.7. The van der Waals surface area contributed by atoms with E-state index in [1.807, 2.05) is 12.1 Å². The van der Waals surface area contributed by atoms with Crippen LogP contribution in [0.5, 0.6) is 0 Å². The fourth-order valence-electron chi connectivity index (χ4n) is 2.74. The molecule has 1 saturated carbocycles. The monoisotopic (exact) mass is 286 g/mol. The van der Waals surface area contributed by atoms with E-state index in [-0.39, 0.29) is 6.10 Å². The molecule has 2 fully saturated rings. The SMILES string of the molecule is CN1CCOC(CN(CC2CC2)c2ccc(C#N)cn2)C1. The number of ether oxygens (including phenoxy) is 1. The van der Waals surface area contributed by atoms with Crippen molar-refractivity contribution in [3.8, 4) is 6.07 Å². The van der Waals surface area contributed by atoms with Crippen molar-refractivity contribution in [1.82, 2.24) is 9.88 Å². The molecule has 0 N–H and O–H groups in total. The Labute approximate surface area is 126 Å². The van der Waals surface area contributed by atoms with Crippen LogP contribution in [0.1, 0.15) is 18.4 Å². The molecule has 0 bridgehead atoms. The van der Waals surface area contributed by atoms with Gasteiger partial charge in [0, 0.05) is 32.4 Å². The molecule has 3 rings (SSSR count). The Morgan fingerprint density at radius 1 is 1.43 bits per heavy atom. The standard InChI is InChI=1S/C16H22N4O/c1-19-6-7-21-15(11-19)12-20(10-13-2-3-13)16-5-4-14(8-17)9-18-16/h4-5,9,13,15H,2-3,6-7,10-12H2,1H3. The number of rotatable bonds is 5. The fraction of sp³-hybridized carbons (Fsp3) is 0.625. The highest BCUT2D eigenvalue weighted by Crippen LogP contribution is 2.31. The maximum Gasteiger partial charge on any atom is 0.128 e. The van der Waals surface area contributed by atoms with Gasteiger partial charge >= 0.3 is 0 Å². The van der Waals surface area contributed by atoms with Crippen LogP contribution in [0.2, 0.25) is 0 Å². The number of morpholine rings is 1. The lowest BCUT2D eigenvalue weighted by Gasteiger charge is -2.34. The first-order valence-electron chi connectivity index (χ1n) is 7.66. The van der Waals surface area contributed by atoms with E-state index < -0.39 is 0 Å². The molecule has 2 heterocycles. The third-order valence-corrected chi connectivity index (χ3v) is 4.14. The minimum atomic E-state index is 0.236. The van der Waals surface area contributed by atoms with Gasteiger partial charge in [-0.05, 0) is 37.9 Å². The molecule has 1 atom stereocenters. The molecule has 0 aromatic carbocycles. The van der Waals surface area contributed by atoms with Gasteiger partial charge in [-0.1, -0.05) is 0 Å². The lowest BCUT2D eigenvalue weighted by Crippen LogP contribution is -2.46. The van der Waals surface area contributed by atoms with Gasteiger partial charge in [0.25, 0.3) is 0 Å². The highest BCUT2D eigenvalue weighted by atomic mass is 16.5. The van der Waals surface area contributed by atoms with Gasteiger partial charge in [0.2, 0.25) is 0 Å². The normalized spacial score (nSPS) is 22.8. The maximum atomic E-state index is 8.88. The summed E-state index contributed by atoms with van der Waals surface area (Å²) in [6, 6.07) is 5.92. The van der Waals surface area contributed by atoms with Crippen molar-refractivity contribution in [2.24, 2.45) is 5.92 Å². The van der Waals surface area contributed by atoms with Crippen molar-refractivity contribution in [2.75, 3.05) is 44.7 Å². The number of aromatic nitrogens is 1. The predicted molar refractivity (Wildman–Crippen MR) is 81.1 cm³/mol. The summed E-state index contributed by atoms with van der Waals surface area (Å²) in [6.45, 7) is 4.70. The number of pyridine rings is 1. The molecule has 0 radical (unpaired) electrons. The van der Waals surface area contributed by atoms with Crippen molar-refractivity contribution in [3.05, 3.63) is 23.9 Å². The molecule has 1 aliphatic heterocycles. The summed E-state index contributed by atoms with van der Waals surface area (Å²) in [5.41, 5.74) is 0.610. The number of hydrogen-bond donors (Lipinski definition) is 0. The largest absolute Gasteiger partial charge is 0.374 e. The van der Waals surface area contributed by atoms with Crippen molar-refractivity contribution in [3.63, 3.8) is 0 Å². The molecule has 21 heavy (non-hydrogen) atoms. The van der Waals surface area contributed by atoms with Crippen LogP contribution in [0, 0.1) is 17.2 Å². The van der Waals surface area contributed by atoms with Crippen LogP contribution in [-0.2, 0) is 4.74 Å². The van der Waals surface area contributed by atoms with Crippen LogP contribution in [0.15, 0.2) is 18.3 Å². The Kier molecular flexibility index (Phi) is 4.37.